The minimum Gasteiger partial charge on any atom is -0.439 e. The fourth-order valence-electron chi connectivity index (χ4n) is 9.99. The normalized spacial score (nSPS) is 19.5. The van der Waals surface area contributed by atoms with Crippen molar-refractivity contribution >= 4 is 70.2 Å². The molecule has 1 aromatic carbocycles. The van der Waals surface area contributed by atoms with E-state index in [1.807, 2.05) is 81.3 Å². The van der Waals surface area contributed by atoms with Crippen LogP contribution >= 0.6 is 11.3 Å². The summed E-state index contributed by atoms with van der Waals surface area (Å²) in [4.78, 5) is 144. The maximum absolute atomic E-state index is 14.6. The van der Waals surface area contributed by atoms with Crippen LogP contribution < -0.4 is 31.5 Å². The number of fused-ring (bicyclic) bond motifs is 1. The van der Waals surface area contributed by atoms with E-state index in [0.29, 0.717) is 67.7 Å². The molecule has 3 rings (SSSR count). The average molecular weight is 1270 g/mol. The van der Waals surface area contributed by atoms with Crippen molar-refractivity contribution in [2.24, 2.45) is 29.6 Å². The van der Waals surface area contributed by atoms with Gasteiger partial charge in [0.2, 0.25) is 17.7 Å². The second-order valence-electron chi connectivity index (χ2n) is 25.1. The zero-order chi connectivity index (χ0) is 66.5. The van der Waals surface area contributed by atoms with E-state index in [9.17, 15) is 47.9 Å². The maximum atomic E-state index is 14.6. The number of carbonyl (C=O) groups excluding carboxylic acids is 10. The first kappa shape index (κ1) is 77.2. The van der Waals surface area contributed by atoms with Gasteiger partial charge in [0.15, 0.2) is 17.7 Å². The van der Waals surface area contributed by atoms with Gasteiger partial charge in [-0.05, 0) is 76.6 Å². The molecule has 1 aromatic heterocycles. The highest BCUT2D eigenvalue weighted by Gasteiger charge is 2.40. The smallest absolute Gasteiger partial charge is 0.409 e. The van der Waals surface area contributed by atoms with E-state index >= 15 is 0 Å². The van der Waals surface area contributed by atoms with E-state index in [0.717, 1.165) is 11.3 Å². The predicted octanol–water partition coefficient (Wildman–Crippen LogP) is 6.78. The van der Waals surface area contributed by atoms with E-state index in [4.69, 9.17) is 23.9 Å². The number of aromatic nitrogens is 1. The molecule has 1 aliphatic heterocycles. The number of esters is 1. The second-order valence-corrected chi connectivity index (χ2v) is 26.0. The summed E-state index contributed by atoms with van der Waals surface area (Å²) in [6, 6.07) is 3.34. The van der Waals surface area contributed by atoms with Crippen LogP contribution in [0.4, 0.5) is 4.79 Å². The van der Waals surface area contributed by atoms with Gasteiger partial charge in [0.25, 0.3) is 5.91 Å². The molecule has 0 bridgehead atoms. The summed E-state index contributed by atoms with van der Waals surface area (Å²) in [5.41, 5.74) is 6.27. The van der Waals surface area contributed by atoms with E-state index in [2.05, 4.69) is 26.8 Å². The van der Waals surface area contributed by atoms with Gasteiger partial charge in [0, 0.05) is 134 Å². The third-order valence-corrected chi connectivity index (χ3v) is 17.4. The molecule has 0 fully saturated rings. The molecule has 500 valence electrons. The minimum absolute atomic E-state index is 0.00731. The van der Waals surface area contributed by atoms with Gasteiger partial charge in [-0.3, -0.25) is 58.9 Å². The van der Waals surface area contributed by atoms with Crippen LogP contribution in [0.15, 0.2) is 23.6 Å². The third kappa shape index (κ3) is 26.7. The Morgan fingerprint density at radius 1 is 0.831 bits per heavy atom. The summed E-state index contributed by atoms with van der Waals surface area (Å²) in [5, 5.41) is 10.7. The molecule has 2 aromatic rings. The van der Waals surface area contributed by atoms with Crippen LogP contribution in [0.1, 0.15) is 179 Å². The molecular formula is C65H105N9O14S. The van der Waals surface area contributed by atoms with Crippen molar-refractivity contribution in [3.8, 4) is 5.75 Å². The zero-order valence-electron chi connectivity index (χ0n) is 55.8. The second kappa shape index (κ2) is 39.3. The summed E-state index contributed by atoms with van der Waals surface area (Å²) >= 11 is 1.16. The zero-order valence-corrected chi connectivity index (χ0v) is 56.6. The van der Waals surface area contributed by atoms with Gasteiger partial charge in [-0.1, -0.05) is 80.4 Å². The molecule has 5 amide bonds. The summed E-state index contributed by atoms with van der Waals surface area (Å²) in [6.45, 7) is 20.3. The number of carbonyl (C=O) groups is 10. The minimum atomic E-state index is -0.954. The summed E-state index contributed by atoms with van der Waals surface area (Å²) < 4.78 is 23.2. The summed E-state index contributed by atoms with van der Waals surface area (Å²) in [6.07, 6.45) is 1.57. The van der Waals surface area contributed by atoms with Crippen LogP contribution in [0.5, 0.6) is 5.75 Å². The number of rotatable bonds is 20. The molecule has 0 saturated carbocycles. The van der Waals surface area contributed by atoms with Crippen molar-refractivity contribution in [3.63, 3.8) is 0 Å². The predicted molar refractivity (Wildman–Crippen MR) is 341 cm³/mol. The molecule has 1 aliphatic rings. The topological polar surface area (TPSA) is 290 Å². The van der Waals surface area contributed by atoms with Crippen LogP contribution in [0.3, 0.4) is 0 Å². The number of hydrazine groups is 1. The third-order valence-electron chi connectivity index (χ3n) is 16.5. The van der Waals surface area contributed by atoms with Crippen LogP contribution in [0.25, 0.3) is 0 Å². The molecule has 2 unspecified atom stereocenters. The number of nitrogens with one attached hydrogen (secondary N) is 5. The van der Waals surface area contributed by atoms with Gasteiger partial charge in [0.1, 0.15) is 28.0 Å². The first-order valence-corrected chi connectivity index (χ1v) is 32.6. The molecular weight excluding hydrogens is 1160 g/mol. The van der Waals surface area contributed by atoms with Gasteiger partial charge < -0.3 is 44.7 Å². The van der Waals surface area contributed by atoms with Crippen LogP contribution in [0.2, 0.25) is 0 Å². The fourth-order valence-corrected chi connectivity index (χ4v) is 10.8. The van der Waals surface area contributed by atoms with Crippen molar-refractivity contribution in [2.75, 3.05) is 81.3 Å². The van der Waals surface area contributed by atoms with Gasteiger partial charge in [-0.15, -0.1) is 11.3 Å². The molecule has 0 radical (unpaired) electrons. The summed E-state index contributed by atoms with van der Waals surface area (Å²) in [5.74, 6) is -4.27. The monoisotopic (exact) mass is 1270 g/mol. The van der Waals surface area contributed by atoms with Crippen LogP contribution in [-0.4, -0.2) is 183 Å². The first-order chi connectivity index (χ1) is 42.0. The van der Waals surface area contributed by atoms with E-state index in [1.54, 1.807) is 56.5 Å². The first-order valence-electron chi connectivity index (χ1n) is 31.7. The molecule has 23 nitrogen and oxygen atoms in total. The van der Waals surface area contributed by atoms with Crippen molar-refractivity contribution in [3.05, 3.63) is 45.4 Å². The average Bonchev–Trinajstić information content (AvgIpc) is 4.15. The molecule has 0 spiro atoms. The van der Waals surface area contributed by atoms with Crippen molar-refractivity contribution in [1.82, 2.24) is 46.5 Å². The van der Waals surface area contributed by atoms with E-state index in [-0.39, 0.29) is 154 Å². The Balaban J connectivity index is 1.91. The molecule has 5 N–H and O–H groups in total. The number of nitrogens with zero attached hydrogens (tertiary/aromatic N) is 4. The Hall–Kier alpha value is -6.05. The van der Waals surface area contributed by atoms with E-state index in [1.165, 1.54) is 4.90 Å². The number of ether oxygens (including phenoxy) is 4. The molecule has 24 heteroatoms. The van der Waals surface area contributed by atoms with Gasteiger partial charge in [-0.2, -0.15) is 0 Å². The summed E-state index contributed by atoms with van der Waals surface area (Å²) in [7, 11) is 8.53. The molecule has 2 heterocycles. The van der Waals surface area contributed by atoms with Gasteiger partial charge in [0.05, 0.1) is 37.8 Å². The number of likely N-dealkylation sites (N-methyl/N-ethyl adjacent to an activating group) is 1. The lowest BCUT2D eigenvalue weighted by Gasteiger charge is -2.38. The number of hydrogen-bond acceptors (Lipinski definition) is 19. The molecule has 0 saturated heterocycles. The number of ketones is 4. The van der Waals surface area contributed by atoms with Crippen molar-refractivity contribution in [1.29, 1.82) is 0 Å². The highest BCUT2D eigenvalue weighted by Crippen LogP contribution is 2.34. The lowest BCUT2D eigenvalue weighted by atomic mass is 9.81. The molecule has 89 heavy (non-hydrogen) atoms. The molecule has 7 atom stereocenters. The van der Waals surface area contributed by atoms with Gasteiger partial charge >= 0.3 is 12.1 Å². The number of thiazole rings is 1. The highest BCUT2D eigenvalue weighted by atomic mass is 32.1. The standard InChI is InChI=1S/C65H105N9O14S/c1-16-19-47(69-61(82)50-40-89-62(70-50)55(88-64(84)72(11)12)39-51(41(3)4)74(15)63(83)49(43(7)17-2)38-56(78)65(9,10)73(13)14)36-45-21-22-54-46(35-45)37-52(76)44(8)34-53(77)60(42(5)6)71-58(80)25-31-85-30-18-20-48(75)23-27-67-68-28-24-57(79)66-29-33-86-32-26-59(81)87-54/h21-22,35,40-44,47,49,51,55,60,67-68H,16-20,23-34,36-39H2,1-15H3,(H,66,79)(H,69,82)(H,71,80)/t43-,44?,47+,49-,51+,55+,60?/m0/s1. The lowest BCUT2D eigenvalue weighted by Crippen LogP contribution is -2.50. The van der Waals surface area contributed by atoms with Gasteiger partial charge in [-0.25, -0.2) is 9.78 Å². The largest absolute Gasteiger partial charge is 0.439 e. The molecule has 0 aliphatic carbocycles. The number of Topliss-reactive ketones (excluding diaryl/α,β-unsaturated/α-hetero) is 4. The lowest BCUT2D eigenvalue weighted by molar-refractivity contribution is -0.143. The number of benzene rings is 1. The highest BCUT2D eigenvalue weighted by molar-refractivity contribution is 7.09. The number of amides is 5. The fraction of sp³-hybridized carbons (Fsp3) is 0.708. The quantitative estimate of drug-likeness (QED) is 0.0674. The Morgan fingerprint density at radius 2 is 1.51 bits per heavy atom. The maximum Gasteiger partial charge on any atom is 0.409 e. The van der Waals surface area contributed by atoms with Crippen molar-refractivity contribution in [2.45, 2.75) is 189 Å². The Labute approximate surface area is 532 Å². The Kier molecular flexibility index (Phi) is 34.1. The van der Waals surface area contributed by atoms with Crippen molar-refractivity contribution < 1.29 is 66.9 Å². The Bertz CT molecular complexity index is 2640. The SMILES string of the molecule is CCC[C@H](Cc1ccc2c(c1)CC(=O)C(C)CC(=O)C(C(C)C)NC(=O)CCOCCCC(=O)CCNNCCC(=O)NCCOCCC(=O)O2)NC(=O)c1csc([C@@H](C[C@H](C(C)C)N(C)C(=O)[C@@H](CC(=O)C(C)(C)N(C)C)[C@@H](C)CC)OC(=O)N(C)C)n1. The van der Waals surface area contributed by atoms with E-state index < -0.39 is 59.6 Å². The van der Waals surface area contributed by atoms with Crippen LogP contribution in [-0.2, 0) is 65.4 Å². The Morgan fingerprint density at radius 3 is 2.15 bits per heavy atom. The number of hydrogen-bond donors (Lipinski definition) is 5. The van der Waals surface area contributed by atoms with Crippen LogP contribution in [0, 0.1) is 29.6 Å².